The lowest BCUT2D eigenvalue weighted by atomic mass is 10.1. The predicted octanol–water partition coefficient (Wildman–Crippen LogP) is 1.58. The van der Waals surface area contributed by atoms with Gasteiger partial charge in [0, 0.05) is 32.0 Å². The zero-order valence-electron chi connectivity index (χ0n) is 13.8. The molecule has 7 heteroatoms. The molecule has 2 aromatic rings. The van der Waals surface area contributed by atoms with Crippen molar-refractivity contribution in [2.45, 2.75) is 13.5 Å². The number of amides is 1. The summed E-state index contributed by atoms with van der Waals surface area (Å²) in [7, 11) is -3.37. The van der Waals surface area contributed by atoms with Crippen molar-refractivity contribution in [3.05, 3.63) is 65.5 Å². The van der Waals surface area contributed by atoms with Crippen molar-refractivity contribution in [3.63, 3.8) is 0 Å². The summed E-state index contributed by atoms with van der Waals surface area (Å²) in [6.45, 7) is 2.69. The molecule has 0 aliphatic carbocycles. The van der Waals surface area contributed by atoms with Crippen molar-refractivity contribution in [2.24, 2.45) is 0 Å². The number of sulfonamides is 1. The van der Waals surface area contributed by atoms with Gasteiger partial charge in [-0.25, -0.2) is 8.42 Å². The average Bonchev–Trinajstić information content (AvgIpc) is 2.55. The monoisotopic (exact) mass is 347 g/mol. The average molecular weight is 347 g/mol. The summed E-state index contributed by atoms with van der Waals surface area (Å²) in [5.74, 6) is -0.271. The van der Waals surface area contributed by atoms with Gasteiger partial charge in [0.15, 0.2) is 0 Å². The molecule has 1 aromatic carbocycles. The van der Waals surface area contributed by atoms with E-state index >= 15 is 0 Å². The van der Waals surface area contributed by atoms with Crippen LogP contribution in [0.3, 0.4) is 0 Å². The summed E-state index contributed by atoms with van der Waals surface area (Å²) < 4.78 is 25.3. The number of carbonyl (C=O) groups is 1. The summed E-state index contributed by atoms with van der Waals surface area (Å²) >= 11 is 0. The first-order chi connectivity index (χ1) is 11.4. The second kappa shape index (κ2) is 8.03. The van der Waals surface area contributed by atoms with Crippen LogP contribution in [0.4, 0.5) is 0 Å². The largest absolute Gasteiger partial charge is 0.351 e. The van der Waals surface area contributed by atoms with Crippen LogP contribution in [0.25, 0.3) is 0 Å². The first-order valence-electron chi connectivity index (χ1n) is 7.55. The van der Waals surface area contributed by atoms with Crippen LogP contribution in [-0.2, 0) is 16.6 Å². The molecule has 0 spiro atoms. The van der Waals surface area contributed by atoms with E-state index in [9.17, 15) is 13.2 Å². The lowest BCUT2D eigenvalue weighted by Gasteiger charge is -2.20. The topological polar surface area (TPSA) is 79.4 Å². The van der Waals surface area contributed by atoms with Gasteiger partial charge in [0.25, 0.3) is 5.91 Å². The molecule has 6 nitrogen and oxygen atoms in total. The Bertz CT molecular complexity index is 774. The van der Waals surface area contributed by atoms with Crippen molar-refractivity contribution < 1.29 is 13.2 Å². The van der Waals surface area contributed by atoms with Gasteiger partial charge >= 0.3 is 0 Å². The molecular weight excluding hydrogens is 326 g/mol. The SMILES string of the molecule is Cc1ccc(CN(CCNC(=O)c2cccnc2)S(C)(=O)=O)cc1. The third-order valence-corrected chi connectivity index (χ3v) is 4.77. The minimum Gasteiger partial charge on any atom is -0.351 e. The quantitative estimate of drug-likeness (QED) is 0.825. The number of hydrogen-bond donors (Lipinski definition) is 1. The lowest BCUT2D eigenvalue weighted by Crippen LogP contribution is -2.37. The summed E-state index contributed by atoms with van der Waals surface area (Å²) in [5.41, 5.74) is 2.47. The molecule has 0 unspecified atom stereocenters. The second-order valence-corrected chi connectivity index (χ2v) is 7.56. The van der Waals surface area contributed by atoms with E-state index in [0.29, 0.717) is 5.56 Å². The van der Waals surface area contributed by atoms with E-state index in [1.165, 1.54) is 16.8 Å². The smallest absolute Gasteiger partial charge is 0.252 e. The van der Waals surface area contributed by atoms with Crippen LogP contribution >= 0.6 is 0 Å². The van der Waals surface area contributed by atoms with Gasteiger partial charge in [0.05, 0.1) is 11.8 Å². The zero-order chi connectivity index (χ0) is 17.6. The molecule has 128 valence electrons. The number of carbonyl (C=O) groups excluding carboxylic acids is 1. The molecule has 0 aliphatic rings. The molecule has 1 amide bonds. The molecule has 0 atom stereocenters. The van der Waals surface area contributed by atoms with E-state index in [0.717, 1.165) is 11.1 Å². The van der Waals surface area contributed by atoms with Crippen LogP contribution in [0.15, 0.2) is 48.8 Å². The first kappa shape index (κ1) is 18.1. The van der Waals surface area contributed by atoms with Gasteiger partial charge in [-0.3, -0.25) is 9.78 Å². The molecule has 0 saturated carbocycles. The number of aryl methyl sites for hydroxylation is 1. The number of aromatic nitrogens is 1. The predicted molar refractivity (Wildman–Crippen MR) is 93.0 cm³/mol. The van der Waals surface area contributed by atoms with Crippen molar-refractivity contribution in [1.29, 1.82) is 0 Å². The van der Waals surface area contributed by atoms with Gasteiger partial charge in [-0.05, 0) is 24.6 Å². The van der Waals surface area contributed by atoms with Gasteiger partial charge < -0.3 is 5.32 Å². The van der Waals surface area contributed by atoms with Crippen molar-refractivity contribution in [1.82, 2.24) is 14.6 Å². The van der Waals surface area contributed by atoms with E-state index in [1.807, 2.05) is 31.2 Å². The number of nitrogens with zero attached hydrogens (tertiary/aromatic N) is 2. The molecule has 0 saturated heterocycles. The van der Waals surface area contributed by atoms with E-state index < -0.39 is 10.0 Å². The lowest BCUT2D eigenvalue weighted by molar-refractivity contribution is 0.0951. The molecule has 1 heterocycles. The molecule has 1 aromatic heterocycles. The normalized spacial score (nSPS) is 11.5. The Morgan fingerprint density at radius 2 is 1.92 bits per heavy atom. The van der Waals surface area contributed by atoms with E-state index in [1.54, 1.807) is 18.3 Å². The van der Waals surface area contributed by atoms with Crippen LogP contribution in [0.2, 0.25) is 0 Å². The molecule has 0 fully saturated rings. The van der Waals surface area contributed by atoms with Gasteiger partial charge in [-0.2, -0.15) is 4.31 Å². The van der Waals surface area contributed by atoms with Crippen LogP contribution in [0.1, 0.15) is 21.5 Å². The zero-order valence-corrected chi connectivity index (χ0v) is 14.6. The maximum absolute atomic E-state index is 12.0. The highest BCUT2D eigenvalue weighted by Crippen LogP contribution is 2.09. The first-order valence-corrected chi connectivity index (χ1v) is 9.40. The fourth-order valence-electron chi connectivity index (χ4n) is 2.15. The molecule has 0 bridgehead atoms. The Labute approximate surface area is 142 Å². The summed E-state index contributed by atoms with van der Waals surface area (Å²) in [5, 5.41) is 2.71. The summed E-state index contributed by atoms with van der Waals surface area (Å²) in [4.78, 5) is 15.8. The minimum atomic E-state index is -3.37. The number of pyridine rings is 1. The Balaban J connectivity index is 1.95. The molecular formula is C17H21N3O3S. The maximum Gasteiger partial charge on any atom is 0.252 e. The maximum atomic E-state index is 12.0. The van der Waals surface area contributed by atoms with Gasteiger partial charge in [0.1, 0.15) is 0 Å². The minimum absolute atomic E-state index is 0.207. The highest BCUT2D eigenvalue weighted by Gasteiger charge is 2.17. The van der Waals surface area contributed by atoms with Crippen LogP contribution in [-0.4, -0.2) is 43.0 Å². The highest BCUT2D eigenvalue weighted by atomic mass is 32.2. The van der Waals surface area contributed by atoms with E-state index in [2.05, 4.69) is 10.3 Å². The third-order valence-electron chi connectivity index (χ3n) is 3.52. The fourth-order valence-corrected chi connectivity index (χ4v) is 2.96. The summed E-state index contributed by atoms with van der Waals surface area (Å²) in [6, 6.07) is 11.0. The molecule has 2 rings (SSSR count). The second-order valence-electron chi connectivity index (χ2n) is 5.58. The summed E-state index contributed by atoms with van der Waals surface area (Å²) in [6.07, 6.45) is 4.23. The van der Waals surface area contributed by atoms with Crippen molar-refractivity contribution in [2.75, 3.05) is 19.3 Å². The molecule has 24 heavy (non-hydrogen) atoms. The van der Waals surface area contributed by atoms with Crippen LogP contribution in [0.5, 0.6) is 0 Å². The number of nitrogens with one attached hydrogen (secondary N) is 1. The fraction of sp³-hybridized carbons (Fsp3) is 0.294. The van der Waals surface area contributed by atoms with Crippen LogP contribution < -0.4 is 5.32 Å². The van der Waals surface area contributed by atoms with Crippen molar-refractivity contribution >= 4 is 15.9 Å². The standard InChI is InChI=1S/C17H21N3O3S/c1-14-5-7-15(8-6-14)13-20(24(2,22)23)11-10-19-17(21)16-4-3-9-18-12-16/h3-9,12H,10-11,13H2,1-2H3,(H,19,21). The van der Waals surface area contributed by atoms with Gasteiger partial charge in [-0.1, -0.05) is 29.8 Å². The van der Waals surface area contributed by atoms with E-state index in [4.69, 9.17) is 0 Å². The van der Waals surface area contributed by atoms with Gasteiger partial charge in [0.2, 0.25) is 10.0 Å². The molecule has 0 radical (unpaired) electrons. The van der Waals surface area contributed by atoms with Crippen molar-refractivity contribution in [3.8, 4) is 0 Å². The Morgan fingerprint density at radius 1 is 1.21 bits per heavy atom. The number of benzene rings is 1. The number of hydrogen-bond acceptors (Lipinski definition) is 4. The Hall–Kier alpha value is -2.25. The third kappa shape index (κ3) is 5.43. The highest BCUT2D eigenvalue weighted by molar-refractivity contribution is 7.88. The molecule has 1 N–H and O–H groups in total. The van der Waals surface area contributed by atoms with Crippen LogP contribution in [0, 0.1) is 6.92 Å². The Kier molecular flexibility index (Phi) is 6.05. The molecule has 0 aliphatic heterocycles. The Morgan fingerprint density at radius 3 is 2.50 bits per heavy atom. The van der Waals surface area contributed by atoms with Gasteiger partial charge in [-0.15, -0.1) is 0 Å². The van der Waals surface area contributed by atoms with E-state index in [-0.39, 0.29) is 25.5 Å². The number of rotatable bonds is 7.